The van der Waals surface area contributed by atoms with Gasteiger partial charge in [-0.3, -0.25) is 9.69 Å². The van der Waals surface area contributed by atoms with Gasteiger partial charge in [0.25, 0.3) is 5.91 Å². The number of rotatable bonds is 7. The lowest BCUT2D eigenvalue weighted by Gasteiger charge is -2.36. The molecule has 5 nitrogen and oxygen atoms in total. The molecule has 3 aromatic rings. The van der Waals surface area contributed by atoms with Gasteiger partial charge in [0.1, 0.15) is 12.4 Å². The van der Waals surface area contributed by atoms with Crippen molar-refractivity contribution in [2.45, 2.75) is 31.7 Å². The monoisotopic (exact) mass is 475 g/mol. The van der Waals surface area contributed by atoms with Crippen molar-refractivity contribution in [1.82, 2.24) is 15.2 Å². The molecule has 0 saturated heterocycles. The van der Waals surface area contributed by atoms with Crippen LogP contribution in [0.25, 0.3) is 10.9 Å². The average molecular weight is 476 g/mol. The van der Waals surface area contributed by atoms with Gasteiger partial charge in [-0.05, 0) is 67.5 Å². The molecule has 176 valence electrons. The molecular formula is C25H28ClF2N3O2. The van der Waals surface area contributed by atoms with Gasteiger partial charge in [-0.1, -0.05) is 0 Å². The molecule has 8 heteroatoms. The van der Waals surface area contributed by atoms with Crippen LogP contribution in [-0.2, 0) is 12.8 Å². The highest BCUT2D eigenvalue weighted by atomic mass is 35.5. The summed E-state index contributed by atoms with van der Waals surface area (Å²) in [6.07, 6.45) is 5.72. The van der Waals surface area contributed by atoms with Crippen LogP contribution in [0, 0.1) is 17.6 Å². The zero-order valence-electron chi connectivity index (χ0n) is 18.5. The molecule has 2 aliphatic rings. The fourth-order valence-corrected chi connectivity index (χ4v) is 4.69. The molecule has 1 aromatic heterocycles. The van der Waals surface area contributed by atoms with Gasteiger partial charge in [0, 0.05) is 54.4 Å². The fraction of sp³-hybridized carbons (Fsp3) is 0.400. The van der Waals surface area contributed by atoms with Crippen LogP contribution in [0.4, 0.5) is 8.78 Å². The van der Waals surface area contributed by atoms with Crippen molar-refractivity contribution in [2.24, 2.45) is 5.92 Å². The number of fused-ring (bicyclic) bond motifs is 2. The van der Waals surface area contributed by atoms with Crippen LogP contribution in [0.3, 0.4) is 0 Å². The SMILES string of the molecule is CNC(=O)c1ccc(F)c2c1CC(N(CCc1c[nH]c3ccc(F)cc13)CC1CC1)CO2.Cl. The van der Waals surface area contributed by atoms with E-state index in [2.05, 4.69) is 15.2 Å². The van der Waals surface area contributed by atoms with Crippen molar-refractivity contribution >= 4 is 29.2 Å². The van der Waals surface area contributed by atoms with Gasteiger partial charge in [-0.2, -0.15) is 0 Å². The van der Waals surface area contributed by atoms with E-state index in [1.165, 1.54) is 31.0 Å². The number of H-pyrrole nitrogens is 1. The van der Waals surface area contributed by atoms with Crippen molar-refractivity contribution in [2.75, 3.05) is 26.7 Å². The zero-order chi connectivity index (χ0) is 22.2. The summed E-state index contributed by atoms with van der Waals surface area (Å²) < 4.78 is 34.0. The average Bonchev–Trinajstić information content (AvgIpc) is 3.54. The van der Waals surface area contributed by atoms with E-state index < -0.39 is 5.82 Å². The van der Waals surface area contributed by atoms with Crippen molar-refractivity contribution in [1.29, 1.82) is 0 Å². The molecule has 2 N–H and O–H groups in total. The molecule has 0 bridgehead atoms. The summed E-state index contributed by atoms with van der Waals surface area (Å²) in [7, 11) is 1.57. The Hall–Kier alpha value is -2.64. The van der Waals surface area contributed by atoms with Crippen LogP contribution >= 0.6 is 12.4 Å². The van der Waals surface area contributed by atoms with Gasteiger partial charge in [0.2, 0.25) is 0 Å². The lowest BCUT2D eigenvalue weighted by Crippen LogP contribution is -2.45. The number of carbonyl (C=O) groups is 1. The highest BCUT2D eigenvalue weighted by Crippen LogP contribution is 2.35. The standard InChI is InChI=1S/C25H27F2N3O2.ClH/c1-28-25(31)19-5-6-22(27)24-21(19)11-18(14-32-24)30(13-15-2-3-15)9-8-16-12-29-23-7-4-17(26)10-20(16)23;/h4-7,10,12,15,18,29H,2-3,8-9,11,13-14H2,1H3,(H,28,31);1H. The molecule has 1 aliphatic carbocycles. The number of amides is 1. The van der Waals surface area contributed by atoms with Gasteiger partial charge in [-0.15, -0.1) is 12.4 Å². The third-order valence-corrected chi connectivity index (χ3v) is 6.65. The minimum atomic E-state index is -0.430. The Bertz CT molecular complexity index is 1160. The molecule has 0 spiro atoms. The smallest absolute Gasteiger partial charge is 0.251 e. The van der Waals surface area contributed by atoms with Crippen molar-refractivity contribution < 1.29 is 18.3 Å². The van der Waals surface area contributed by atoms with Gasteiger partial charge >= 0.3 is 0 Å². The second-order valence-electron chi connectivity index (χ2n) is 8.84. The van der Waals surface area contributed by atoms with E-state index in [1.807, 2.05) is 6.20 Å². The van der Waals surface area contributed by atoms with E-state index in [4.69, 9.17) is 4.74 Å². The van der Waals surface area contributed by atoms with Gasteiger partial charge < -0.3 is 15.0 Å². The first-order chi connectivity index (χ1) is 15.5. The van der Waals surface area contributed by atoms with Crippen LogP contribution in [0.1, 0.15) is 34.3 Å². The first kappa shape index (κ1) is 23.5. The van der Waals surface area contributed by atoms with E-state index in [0.717, 1.165) is 36.0 Å². The number of hydrogen-bond acceptors (Lipinski definition) is 3. The molecule has 1 fully saturated rings. The van der Waals surface area contributed by atoms with Crippen molar-refractivity contribution in [3.8, 4) is 5.75 Å². The third kappa shape index (κ3) is 4.84. The number of nitrogens with one attached hydrogen (secondary N) is 2. The summed E-state index contributed by atoms with van der Waals surface area (Å²) in [6.45, 7) is 2.12. The zero-order valence-corrected chi connectivity index (χ0v) is 19.3. The molecule has 33 heavy (non-hydrogen) atoms. The number of carbonyl (C=O) groups excluding carboxylic acids is 1. The molecule has 1 atom stereocenters. The lowest BCUT2D eigenvalue weighted by atomic mass is 9.95. The fourth-order valence-electron chi connectivity index (χ4n) is 4.69. The second kappa shape index (κ2) is 9.69. The molecule has 5 rings (SSSR count). The first-order valence-corrected chi connectivity index (χ1v) is 11.2. The first-order valence-electron chi connectivity index (χ1n) is 11.2. The highest BCUT2D eigenvalue weighted by molar-refractivity contribution is 5.96. The van der Waals surface area contributed by atoms with E-state index in [1.54, 1.807) is 19.2 Å². The second-order valence-corrected chi connectivity index (χ2v) is 8.84. The molecule has 1 aliphatic heterocycles. The van der Waals surface area contributed by atoms with E-state index in [-0.39, 0.29) is 35.9 Å². The van der Waals surface area contributed by atoms with Gasteiger partial charge in [0.05, 0.1) is 0 Å². The molecule has 2 aromatic carbocycles. The summed E-state index contributed by atoms with van der Waals surface area (Å²) in [5.74, 6) is -0.0430. The maximum Gasteiger partial charge on any atom is 0.251 e. The van der Waals surface area contributed by atoms with Gasteiger partial charge in [0.15, 0.2) is 11.6 Å². The number of benzene rings is 2. The van der Waals surface area contributed by atoms with E-state index in [9.17, 15) is 13.6 Å². The predicted molar refractivity (Wildman–Crippen MR) is 126 cm³/mol. The normalized spacial score (nSPS) is 17.4. The van der Waals surface area contributed by atoms with E-state index >= 15 is 0 Å². The summed E-state index contributed by atoms with van der Waals surface area (Å²) >= 11 is 0. The number of aromatic nitrogens is 1. The van der Waals surface area contributed by atoms with Crippen LogP contribution < -0.4 is 10.1 Å². The van der Waals surface area contributed by atoms with Crippen molar-refractivity contribution in [3.63, 3.8) is 0 Å². The Morgan fingerprint density at radius 1 is 1.24 bits per heavy atom. The minimum Gasteiger partial charge on any atom is -0.489 e. The minimum absolute atomic E-state index is 0. The van der Waals surface area contributed by atoms with Crippen LogP contribution in [0.5, 0.6) is 5.75 Å². The summed E-state index contributed by atoms with van der Waals surface area (Å²) in [4.78, 5) is 18.0. The number of ether oxygens (including phenoxy) is 1. The summed E-state index contributed by atoms with van der Waals surface area (Å²) in [5, 5.41) is 3.55. The number of halogens is 3. The molecule has 2 heterocycles. The van der Waals surface area contributed by atoms with Crippen molar-refractivity contribution in [3.05, 3.63) is 64.9 Å². The highest BCUT2D eigenvalue weighted by Gasteiger charge is 2.33. The summed E-state index contributed by atoms with van der Waals surface area (Å²) in [5.41, 5.74) is 3.10. The Kier molecular flexibility index (Phi) is 6.91. The molecule has 1 saturated carbocycles. The largest absolute Gasteiger partial charge is 0.489 e. The maximum absolute atomic E-state index is 14.4. The van der Waals surface area contributed by atoms with Gasteiger partial charge in [-0.25, -0.2) is 8.78 Å². The molecule has 1 unspecified atom stereocenters. The van der Waals surface area contributed by atoms with Crippen LogP contribution in [-0.4, -0.2) is 48.6 Å². The predicted octanol–water partition coefficient (Wildman–Crippen LogP) is 4.49. The molecular weight excluding hydrogens is 448 g/mol. The van der Waals surface area contributed by atoms with Crippen LogP contribution in [0.2, 0.25) is 0 Å². The Labute approximate surface area is 197 Å². The number of hydrogen-bond donors (Lipinski definition) is 2. The van der Waals surface area contributed by atoms with Crippen LogP contribution in [0.15, 0.2) is 36.5 Å². The molecule has 1 amide bonds. The Balaban J connectivity index is 0.00000259. The summed E-state index contributed by atoms with van der Waals surface area (Å²) in [6, 6.07) is 7.67. The lowest BCUT2D eigenvalue weighted by molar-refractivity contribution is 0.0948. The third-order valence-electron chi connectivity index (χ3n) is 6.65. The Morgan fingerprint density at radius 2 is 2.06 bits per heavy atom. The quantitative estimate of drug-likeness (QED) is 0.529. The number of aromatic amines is 1. The molecule has 0 radical (unpaired) electrons. The van der Waals surface area contributed by atoms with E-state index in [0.29, 0.717) is 30.1 Å². The topological polar surface area (TPSA) is 57.4 Å². The number of nitrogens with zero attached hydrogens (tertiary/aromatic N) is 1. The Morgan fingerprint density at radius 3 is 2.82 bits per heavy atom. The maximum atomic E-state index is 14.4.